The lowest BCUT2D eigenvalue weighted by Gasteiger charge is -2.35. The van der Waals surface area contributed by atoms with E-state index in [-0.39, 0.29) is 5.91 Å². The minimum atomic E-state index is 0.0269. The molecule has 2 aliphatic heterocycles. The lowest BCUT2D eigenvalue weighted by atomic mass is 9.95. The zero-order chi connectivity index (χ0) is 18.5. The number of aromatic nitrogens is 1. The Kier molecular flexibility index (Phi) is 5.77. The average molecular weight is 365 g/mol. The third-order valence-corrected chi connectivity index (χ3v) is 5.65. The molecule has 3 heterocycles. The monoisotopic (exact) mass is 365 g/mol. The number of benzene rings is 1. The quantitative estimate of drug-likeness (QED) is 0.757. The van der Waals surface area contributed by atoms with Crippen LogP contribution < -0.4 is 16.2 Å². The summed E-state index contributed by atoms with van der Waals surface area (Å²) in [7, 11) is 0. The summed E-state index contributed by atoms with van der Waals surface area (Å²) >= 11 is 0. The first kappa shape index (κ1) is 18.1. The molecule has 142 valence electrons. The fraction of sp³-hybridized carbons (Fsp3) is 0.429. The van der Waals surface area contributed by atoms with Gasteiger partial charge in [0.25, 0.3) is 5.91 Å². The van der Waals surface area contributed by atoms with Crippen LogP contribution >= 0.6 is 0 Å². The second-order valence-corrected chi connectivity index (χ2v) is 7.43. The van der Waals surface area contributed by atoms with Gasteiger partial charge in [0.15, 0.2) is 0 Å². The van der Waals surface area contributed by atoms with E-state index in [2.05, 4.69) is 32.1 Å². The number of hydrazine groups is 1. The molecule has 0 radical (unpaired) electrons. The van der Waals surface area contributed by atoms with Crippen LogP contribution in [-0.2, 0) is 0 Å². The van der Waals surface area contributed by atoms with Gasteiger partial charge in [-0.2, -0.15) is 0 Å². The van der Waals surface area contributed by atoms with Gasteiger partial charge in [-0.05, 0) is 62.0 Å². The van der Waals surface area contributed by atoms with Crippen molar-refractivity contribution in [2.75, 3.05) is 19.6 Å². The Morgan fingerprint density at radius 1 is 1.11 bits per heavy atom. The first-order valence-electron chi connectivity index (χ1n) is 9.78. The Morgan fingerprint density at radius 3 is 2.67 bits per heavy atom. The van der Waals surface area contributed by atoms with E-state index in [0.29, 0.717) is 18.1 Å². The predicted molar refractivity (Wildman–Crippen MR) is 105 cm³/mol. The molecule has 2 fully saturated rings. The van der Waals surface area contributed by atoms with Gasteiger partial charge in [-0.3, -0.25) is 14.7 Å². The van der Waals surface area contributed by atoms with Gasteiger partial charge in [0, 0.05) is 24.5 Å². The molecule has 0 aliphatic carbocycles. The van der Waals surface area contributed by atoms with Crippen molar-refractivity contribution in [1.82, 2.24) is 26.1 Å². The number of carbonyl (C=O) groups is 1. The lowest BCUT2D eigenvalue weighted by molar-refractivity contribution is 0.0914. The molecule has 2 aromatic rings. The summed E-state index contributed by atoms with van der Waals surface area (Å²) < 4.78 is 0. The summed E-state index contributed by atoms with van der Waals surface area (Å²) in [6, 6.07) is 13.9. The molecule has 27 heavy (non-hydrogen) atoms. The summed E-state index contributed by atoms with van der Waals surface area (Å²) in [4.78, 5) is 18.9. The normalized spacial score (nSPS) is 24.0. The number of piperidine rings is 1. The highest BCUT2D eigenvalue weighted by atomic mass is 16.1. The molecule has 2 atom stereocenters. The Morgan fingerprint density at radius 2 is 1.93 bits per heavy atom. The number of hydrogen-bond donors (Lipinski definition) is 3. The maximum Gasteiger partial charge on any atom is 0.251 e. The Hall–Kier alpha value is -2.28. The van der Waals surface area contributed by atoms with Gasteiger partial charge in [0.05, 0.1) is 12.2 Å². The van der Waals surface area contributed by atoms with Crippen LogP contribution in [0.4, 0.5) is 0 Å². The molecule has 1 amide bonds. The van der Waals surface area contributed by atoms with Crippen molar-refractivity contribution in [2.45, 2.75) is 31.5 Å². The number of hydrogen-bond acceptors (Lipinski definition) is 5. The Balaban J connectivity index is 1.21. The Bertz CT molecular complexity index is 731. The van der Waals surface area contributed by atoms with Crippen LogP contribution in [-0.4, -0.2) is 41.6 Å². The van der Waals surface area contributed by atoms with Crippen LogP contribution in [0, 0.1) is 5.92 Å². The highest BCUT2D eigenvalue weighted by molar-refractivity contribution is 5.94. The molecule has 0 spiro atoms. The maximum absolute atomic E-state index is 12.2. The molecular weight excluding hydrogens is 338 g/mol. The van der Waals surface area contributed by atoms with Crippen molar-refractivity contribution in [2.24, 2.45) is 5.92 Å². The largest absolute Gasteiger partial charge is 0.352 e. The summed E-state index contributed by atoms with van der Waals surface area (Å²) in [5.41, 5.74) is 8.80. The van der Waals surface area contributed by atoms with Crippen molar-refractivity contribution in [3.05, 3.63) is 66.0 Å². The predicted octanol–water partition coefficient (Wildman–Crippen LogP) is 2.09. The standard InChI is InChI=1S/C21H27N5O/c27-21(17-5-2-1-3-6-17)23-14-16-8-11-26(12-9-16)20-13-19(24-25-20)18-7-4-10-22-15-18/h1-7,10,15-16,19-20,24-25H,8-9,11-14H2,(H,23,27). The zero-order valence-corrected chi connectivity index (χ0v) is 15.5. The summed E-state index contributed by atoms with van der Waals surface area (Å²) in [6.07, 6.45) is 7.38. The smallest absolute Gasteiger partial charge is 0.251 e. The van der Waals surface area contributed by atoms with Crippen molar-refractivity contribution in [3.63, 3.8) is 0 Å². The molecule has 2 saturated heterocycles. The molecular formula is C21H27N5O. The van der Waals surface area contributed by atoms with Crippen molar-refractivity contribution in [1.29, 1.82) is 0 Å². The topological polar surface area (TPSA) is 69.3 Å². The van der Waals surface area contributed by atoms with Gasteiger partial charge in [-0.25, -0.2) is 10.9 Å². The van der Waals surface area contributed by atoms with Gasteiger partial charge in [0.2, 0.25) is 0 Å². The van der Waals surface area contributed by atoms with E-state index >= 15 is 0 Å². The third-order valence-electron chi connectivity index (χ3n) is 5.65. The third kappa shape index (κ3) is 4.53. The van der Waals surface area contributed by atoms with E-state index in [4.69, 9.17) is 0 Å². The van der Waals surface area contributed by atoms with Crippen LogP contribution in [0.15, 0.2) is 54.9 Å². The van der Waals surface area contributed by atoms with E-state index in [1.54, 1.807) is 0 Å². The fourth-order valence-corrected chi connectivity index (χ4v) is 3.98. The van der Waals surface area contributed by atoms with Crippen molar-refractivity contribution < 1.29 is 4.79 Å². The van der Waals surface area contributed by atoms with Gasteiger partial charge in [-0.1, -0.05) is 24.3 Å². The lowest BCUT2D eigenvalue weighted by Crippen LogP contribution is -2.49. The second kappa shape index (κ2) is 8.61. The number of rotatable bonds is 5. The van der Waals surface area contributed by atoms with Gasteiger partial charge in [-0.15, -0.1) is 0 Å². The molecule has 1 aromatic heterocycles. The van der Waals surface area contributed by atoms with E-state index in [1.165, 1.54) is 5.56 Å². The molecule has 6 nitrogen and oxygen atoms in total. The summed E-state index contributed by atoms with van der Waals surface area (Å²) in [5, 5.41) is 3.09. The highest BCUT2D eigenvalue weighted by Crippen LogP contribution is 2.26. The van der Waals surface area contributed by atoms with Gasteiger partial charge >= 0.3 is 0 Å². The molecule has 6 heteroatoms. The molecule has 0 bridgehead atoms. The highest BCUT2D eigenvalue weighted by Gasteiger charge is 2.31. The second-order valence-electron chi connectivity index (χ2n) is 7.43. The van der Waals surface area contributed by atoms with E-state index < -0.39 is 0 Å². The molecule has 3 N–H and O–H groups in total. The van der Waals surface area contributed by atoms with Crippen LogP contribution in [0.2, 0.25) is 0 Å². The minimum Gasteiger partial charge on any atom is -0.352 e. The van der Waals surface area contributed by atoms with Crippen LogP contribution in [0.5, 0.6) is 0 Å². The number of nitrogens with one attached hydrogen (secondary N) is 3. The molecule has 4 rings (SSSR count). The fourth-order valence-electron chi connectivity index (χ4n) is 3.98. The number of pyridine rings is 1. The molecule has 0 saturated carbocycles. The molecule has 2 unspecified atom stereocenters. The van der Waals surface area contributed by atoms with E-state index in [0.717, 1.165) is 44.5 Å². The summed E-state index contributed by atoms with van der Waals surface area (Å²) in [5.74, 6) is 0.580. The van der Waals surface area contributed by atoms with Gasteiger partial charge < -0.3 is 5.32 Å². The van der Waals surface area contributed by atoms with Crippen LogP contribution in [0.3, 0.4) is 0 Å². The molecule has 2 aliphatic rings. The first-order valence-corrected chi connectivity index (χ1v) is 9.78. The van der Waals surface area contributed by atoms with Crippen molar-refractivity contribution >= 4 is 5.91 Å². The van der Waals surface area contributed by atoms with Crippen molar-refractivity contribution in [3.8, 4) is 0 Å². The minimum absolute atomic E-state index is 0.0269. The SMILES string of the molecule is O=C(NCC1CCN(C2CC(c3cccnc3)NN2)CC1)c1ccccc1. The molecule has 1 aromatic carbocycles. The van der Waals surface area contributed by atoms with Crippen LogP contribution in [0.25, 0.3) is 0 Å². The Labute approximate surface area is 160 Å². The van der Waals surface area contributed by atoms with Gasteiger partial charge in [0.1, 0.15) is 0 Å². The zero-order valence-electron chi connectivity index (χ0n) is 15.5. The maximum atomic E-state index is 12.2. The number of carbonyl (C=O) groups excluding carboxylic acids is 1. The average Bonchev–Trinajstić information content (AvgIpc) is 3.24. The van der Waals surface area contributed by atoms with Crippen LogP contribution in [0.1, 0.15) is 41.2 Å². The summed E-state index contributed by atoms with van der Waals surface area (Å²) in [6.45, 7) is 2.88. The number of nitrogens with zero attached hydrogens (tertiary/aromatic N) is 2. The van der Waals surface area contributed by atoms with E-state index in [1.807, 2.05) is 48.8 Å². The van der Waals surface area contributed by atoms with E-state index in [9.17, 15) is 4.79 Å². The number of amides is 1. The number of likely N-dealkylation sites (tertiary alicyclic amines) is 1. The first-order chi connectivity index (χ1) is 13.3.